The number of hydrogen-bond acceptors (Lipinski definition) is 8. The molecule has 1 aromatic heterocycles. The van der Waals surface area contributed by atoms with E-state index in [4.69, 9.17) is 14.6 Å². The van der Waals surface area contributed by atoms with E-state index in [-0.39, 0.29) is 5.91 Å². The number of amides is 1. The number of hydrogen-bond donors (Lipinski definition) is 1. The summed E-state index contributed by atoms with van der Waals surface area (Å²) in [5.41, 5.74) is 1.63. The van der Waals surface area contributed by atoms with Crippen LogP contribution in [-0.4, -0.2) is 51.8 Å². The Balaban J connectivity index is 1.89. The molecule has 31 heavy (non-hydrogen) atoms. The molecule has 0 saturated carbocycles. The lowest BCUT2D eigenvalue weighted by Gasteiger charge is -2.13. The van der Waals surface area contributed by atoms with Crippen LogP contribution in [0.4, 0.5) is 5.13 Å². The van der Waals surface area contributed by atoms with Crippen molar-refractivity contribution in [2.45, 2.75) is 27.2 Å². The molecule has 164 valence electrons. The number of amidine groups is 1. The summed E-state index contributed by atoms with van der Waals surface area (Å²) < 4.78 is 10.9. The van der Waals surface area contributed by atoms with Crippen LogP contribution in [0.2, 0.25) is 0 Å². The van der Waals surface area contributed by atoms with Gasteiger partial charge in [-0.05, 0) is 55.8 Å². The molecule has 1 amide bonds. The van der Waals surface area contributed by atoms with E-state index in [0.717, 1.165) is 17.7 Å². The molecule has 3 rings (SSSR count). The fraction of sp³-hybridized carbons (Fsp3) is 0.333. The van der Waals surface area contributed by atoms with Gasteiger partial charge in [-0.15, -0.1) is 11.3 Å². The van der Waals surface area contributed by atoms with Gasteiger partial charge in [-0.1, -0.05) is 13.0 Å². The van der Waals surface area contributed by atoms with E-state index in [1.54, 1.807) is 29.2 Å². The predicted octanol–water partition coefficient (Wildman–Crippen LogP) is 4.33. The molecule has 1 fully saturated rings. The number of rotatable bonds is 9. The van der Waals surface area contributed by atoms with Crippen molar-refractivity contribution in [3.05, 3.63) is 39.7 Å². The van der Waals surface area contributed by atoms with E-state index in [1.807, 2.05) is 26.2 Å². The van der Waals surface area contributed by atoms with Gasteiger partial charge in [0.25, 0.3) is 5.91 Å². The van der Waals surface area contributed by atoms with E-state index in [9.17, 15) is 9.59 Å². The predicted molar refractivity (Wildman–Crippen MR) is 122 cm³/mol. The van der Waals surface area contributed by atoms with Gasteiger partial charge in [0.1, 0.15) is 0 Å². The number of aliphatic imine (C=N–C) groups is 1. The van der Waals surface area contributed by atoms with Gasteiger partial charge in [0.2, 0.25) is 5.13 Å². The van der Waals surface area contributed by atoms with Crippen LogP contribution < -0.4 is 9.47 Å². The summed E-state index contributed by atoms with van der Waals surface area (Å²) >= 11 is 2.74. The minimum Gasteiger partial charge on any atom is -0.490 e. The third kappa shape index (κ3) is 5.86. The number of thioether (sulfide) groups is 1. The summed E-state index contributed by atoms with van der Waals surface area (Å²) in [7, 11) is 0. The van der Waals surface area contributed by atoms with Crippen molar-refractivity contribution < 1.29 is 24.2 Å². The molecule has 0 aliphatic carbocycles. The normalized spacial score (nSPS) is 16.4. The van der Waals surface area contributed by atoms with E-state index in [2.05, 4.69) is 9.98 Å². The Morgan fingerprint density at radius 1 is 1.29 bits per heavy atom. The molecule has 1 aromatic carbocycles. The van der Waals surface area contributed by atoms with Gasteiger partial charge >= 0.3 is 5.97 Å². The van der Waals surface area contributed by atoms with Gasteiger partial charge in [-0.25, -0.2) is 9.78 Å². The third-order valence-corrected chi connectivity index (χ3v) is 5.91. The van der Waals surface area contributed by atoms with Gasteiger partial charge < -0.3 is 14.6 Å². The number of nitrogens with zero attached hydrogens (tertiary/aromatic N) is 3. The first-order chi connectivity index (χ1) is 14.9. The van der Waals surface area contributed by atoms with Crippen molar-refractivity contribution in [2.75, 3.05) is 19.8 Å². The summed E-state index contributed by atoms with van der Waals surface area (Å²) in [6.07, 6.45) is 2.58. The highest BCUT2D eigenvalue weighted by Gasteiger charge is 2.33. The van der Waals surface area contributed by atoms with Crippen LogP contribution in [0, 0.1) is 6.92 Å². The topological polar surface area (TPSA) is 101 Å². The number of benzene rings is 1. The molecule has 2 aromatic rings. The van der Waals surface area contributed by atoms with E-state index in [1.165, 1.54) is 23.1 Å². The van der Waals surface area contributed by atoms with Crippen molar-refractivity contribution in [1.82, 2.24) is 9.88 Å². The van der Waals surface area contributed by atoms with E-state index >= 15 is 0 Å². The zero-order chi connectivity index (χ0) is 22.4. The minimum atomic E-state index is -1.07. The Morgan fingerprint density at radius 3 is 2.74 bits per heavy atom. The quantitative estimate of drug-likeness (QED) is 0.555. The summed E-state index contributed by atoms with van der Waals surface area (Å²) in [5, 5.41) is 12.0. The number of carbonyl (C=O) groups is 2. The van der Waals surface area contributed by atoms with Crippen LogP contribution in [0.5, 0.6) is 11.5 Å². The third-order valence-electron chi connectivity index (χ3n) is 4.05. The van der Waals surface area contributed by atoms with Gasteiger partial charge in [0, 0.05) is 11.9 Å². The second-order valence-electron chi connectivity index (χ2n) is 6.55. The first-order valence-corrected chi connectivity index (χ1v) is 11.4. The fourth-order valence-corrected chi connectivity index (χ4v) is 4.51. The van der Waals surface area contributed by atoms with Crippen LogP contribution in [0.3, 0.4) is 0 Å². The Labute approximate surface area is 188 Å². The maximum Gasteiger partial charge on any atom is 0.341 e. The number of carboxylic acid groups (broad SMARTS) is 1. The Hall–Kier alpha value is -2.85. The summed E-state index contributed by atoms with van der Waals surface area (Å²) in [5.74, 6) is -0.417. The Morgan fingerprint density at radius 2 is 2.10 bits per heavy atom. The molecule has 8 nitrogen and oxygen atoms in total. The lowest BCUT2D eigenvalue weighted by molar-refractivity contribution is -0.139. The van der Waals surface area contributed by atoms with Gasteiger partial charge in [0.15, 0.2) is 23.3 Å². The van der Waals surface area contributed by atoms with Crippen molar-refractivity contribution in [3.63, 3.8) is 0 Å². The maximum atomic E-state index is 13.0. The molecule has 1 N–H and O–H groups in total. The van der Waals surface area contributed by atoms with Crippen LogP contribution in [0.1, 0.15) is 31.5 Å². The summed E-state index contributed by atoms with van der Waals surface area (Å²) in [6.45, 7) is 6.24. The van der Waals surface area contributed by atoms with Crippen molar-refractivity contribution in [2.24, 2.45) is 4.99 Å². The van der Waals surface area contributed by atoms with Crippen LogP contribution >= 0.6 is 23.1 Å². The maximum absolute atomic E-state index is 13.0. The Kier molecular flexibility index (Phi) is 7.69. The fourth-order valence-electron chi connectivity index (χ4n) is 2.78. The standard InChI is InChI=1S/C21H23N3O5S2/c1-4-8-24-19(27)17(31-21(24)23-20-22-13(3)12-30-20)10-14-6-7-15(29-11-18(25)26)16(9-14)28-5-2/h6-7,9-10,12H,4-5,8,11H2,1-3H3,(H,25,26)/b17-10+,23-21+. The number of thiazole rings is 1. The summed E-state index contributed by atoms with van der Waals surface area (Å²) in [4.78, 5) is 34.9. The first kappa shape index (κ1) is 22.8. The molecule has 1 aliphatic heterocycles. The zero-order valence-electron chi connectivity index (χ0n) is 17.5. The Bertz CT molecular complexity index is 1030. The number of aliphatic carboxylic acids is 1. The smallest absolute Gasteiger partial charge is 0.341 e. The molecule has 2 heterocycles. The minimum absolute atomic E-state index is 0.108. The molecule has 0 unspecified atom stereocenters. The van der Waals surface area contributed by atoms with Gasteiger partial charge in [0.05, 0.1) is 17.2 Å². The zero-order valence-corrected chi connectivity index (χ0v) is 19.1. The van der Waals surface area contributed by atoms with Crippen LogP contribution in [-0.2, 0) is 9.59 Å². The number of carbonyl (C=O) groups excluding carboxylic acids is 1. The number of aryl methyl sites for hydroxylation is 1. The number of ether oxygens (including phenoxy) is 2. The lowest BCUT2D eigenvalue weighted by atomic mass is 10.2. The molecular weight excluding hydrogens is 438 g/mol. The van der Waals surface area contributed by atoms with Crippen LogP contribution in [0.25, 0.3) is 6.08 Å². The van der Waals surface area contributed by atoms with Crippen LogP contribution in [0.15, 0.2) is 33.5 Å². The van der Waals surface area contributed by atoms with E-state index < -0.39 is 12.6 Å². The van der Waals surface area contributed by atoms with Gasteiger partial charge in [-0.2, -0.15) is 4.99 Å². The second kappa shape index (κ2) is 10.5. The SMILES string of the molecule is CCCN1C(=O)/C(=C\c2ccc(OCC(=O)O)c(OCC)c2)S/C1=N/c1nc(C)cs1. The van der Waals surface area contributed by atoms with Crippen molar-refractivity contribution >= 4 is 51.4 Å². The molecule has 1 saturated heterocycles. The van der Waals surface area contributed by atoms with Crippen molar-refractivity contribution in [3.8, 4) is 11.5 Å². The highest BCUT2D eigenvalue weighted by molar-refractivity contribution is 8.18. The monoisotopic (exact) mass is 461 g/mol. The molecule has 10 heteroatoms. The molecule has 0 atom stereocenters. The largest absolute Gasteiger partial charge is 0.490 e. The highest BCUT2D eigenvalue weighted by Crippen LogP contribution is 2.36. The average molecular weight is 462 g/mol. The molecule has 1 aliphatic rings. The molecule has 0 bridgehead atoms. The van der Waals surface area contributed by atoms with E-state index in [0.29, 0.717) is 39.9 Å². The number of carboxylic acids is 1. The highest BCUT2D eigenvalue weighted by atomic mass is 32.2. The first-order valence-electron chi connectivity index (χ1n) is 9.75. The average Bonchev–Trinajstić information content (AvgIpc) is 3.26. The second-order valence-corrected chi connectivity index (χ2v) is 8.40. The molecule has 0 radical (unpaired) electrons. The molecule has 0 spiro atoms. The summed E-state index contributed by atoms with van der Waals surface area (Å²) in [6, 6.07) is 5.12. The van der Waals surface area contributed by atoms with Gasteiger partial charge in [-0.3, -0.25) is 9.69 Å². The number of aromatic nitrogens is 1. The van der Waals surface area contributed by atoms with Crippen molar-refractivity contribution in [1.29, 1.82) is 0 Å². The molecular formula is C21H23N3O5S2. The lowest BCUT2D eigenvalue weighted by Crippen LogP contribution is -2.29.